The lowest BCUT2D eigenvalue weighted by Gasteiger charge is -2.09. The topological polar surface area (TPSA) is 113 Å². The van der Waals surface area contributed by atoms with Crippen LogP contribution in [0.3, 0.4) is 0 Å². The molecule has 9 heteroatoms. The maximum atomic E-state index is 11.0. The second kappa shape index (κ2) is 5.78. The maximum absolute atomic E-state index is 11.0. The summed E-state index contributed by atoms with van der Waals surface area (Å²) in [7, 11) is 0. The van der Waals surface area contributed by atoms with Crippen LogP contribution in [0.25, 0.3) is 0 Å². The van der Waals surface area contributed by atoms with Crippen LogP contribution in [0, 0.1) is 10.1 Å². The number of nitro groups is 1. The summed E-state index contributed by atoms with van der Waals surface area (Å²) in [6.45, 7) is 0. The van der Waals surface area contributed by atoms with E-state index < -0.39 is 10.6 Å². The Bertz CT molecular complexity index is 711. The molecule has 110 valence electrons. The molecule has 2 aromatic carbocycles. The van der Waals surface area contributed by atoms with E-state index in [1.165, 1.54) is 18.2 Å². The zero-order valence-electron chi connectivity index (χ0n) is 10.1. The van der Waals surface area contributed by atoms with Crippen molar-refractivity contribution in [1.29, 1.82) is 0 Å². The molecule has 0 radical (unpaired) electrons. The Labute approximate surface area is 134 Å². The molecule has 2 rings (SSSR count). The van der Waals surface area contributed by atoms with Crippen molar-refractivity contribution in [2.24, 2.45) is 0 Å². The van der Waals surface area contributed by atoms with Gasteiger partial charge in [0.25, 0.3) is 0 Å². The number of rotatable bonds is 3. The third-order valence-corrected chi connectivity index (χ3v) is 3.91. The second-order valence-corrected chi connectivity index (χ2v) is 5.55. The summed E-state index contributed by atoms with van der Waals surface area (Å²) in [4.78, 5) is 10.2. The van der Waals surface area contributed by atoms with Crippen LogP contribution in [0.4, 0.5) is 5.69 Å². The normalized spacial score (nSPS) is 10.4. The van der Waals surface area contributed by atoms with Gasteiger partial charge in [-0.2, -0.15) is 0 Å². The van der Waals surface area contributed by atoms with Gasteiger partial charge < -0.3 is 20.1 Å². The molecule has 0 aliphatic heterocycles. The smallest absolute Gasteiger partial charge is 0.315 e. The zero-order chi connectivity index (χ0) is 15.7. The Morgan fingerprint density at radius 3 is 2.10 bits per heavy atom. The number of benzene rings is 2. The van der Waals surface area contributed by atoms with E-state index in [9.17, 15) is 25.4 Å². The van der Waals surface area contributed by atoms with Gasteiger partial charge in [0, 0.05) is 18.2 Å². The summed E-state index contributed by atoms with van der Waals surface area (Å²) in [6.07, 6.45) is 0. The van der Waals surface area contributed by atoms with Gasteiger partial charge in [-0.1, -0.05) is 0 Å². The number of hydrogen-bond donors (Lipinski definition) is 3. The minimum Gasteiger partial charge on any atom is -0.507 e. The van der Waals surface area contributed by atoms with Gasteiger partial charge >= 0.3 is 5.69 Å². The molecule has 0 spiro atoms. The molecule has 0 aliphatic carbocycles. The van der Waals surface area contributed by atoms with Gasteiger partial charge in [0.05, 0.1) is 15.5 Å². The van der Waals surface area contributed by atoms with E-state index in [1.807, 2.05) is 0 Å². The summed E-state index contributed by atoms with van der Waals surface area (Å²) in [6, 6.07) is 4.49. The predicted molar refractivity (Wildman–Crippen MR) is 80.0 cm³/mol. The van der Waals surface area contributed by atoms with Gasteiger partial charge in [-0.15, -0.1) is 0 Å². The summed E-state index contributed by atoms with van der Waals surface area (Å²) in [5, 5.41) is 39.6. The first-order valence-corrected chi connectivity index (χ1v) is 6.94. The number of nitro benzene ring substituents is 1. The zero-order valence-corrected chi connectivity index (χ0v) is 13.3. The number of aromatic hydroxyl groups is 3. The van der Waals surface area contributed by atoms with E-state index in [0.717, 1.165) is 6.07 Å². The van der Waals surface area contributed by atoms with Gasteiger partial charge in [-0.25, -0.2) is 0 Å². The fourth-order valence-electron chi connectivity index (χ4n) is 1.51. The minimum absolute atomic E-state index is 0.00566. The summed E-state index contributed by atoms with van der Waals surface area (Å²) >= 11 is 5.98. The van der Waals surface area contributed by atoms with Crippen LogP contribution in [0.5, 0.6) is 28.7 Å². The Hall–Kier alpha value is -2.00. The van der Waals surface area contributed by atoms with Crippen molar-refractivity contribution >= 4 is 37.5 Å². The van der Waals surface area contributed by atoms with Gasteiger partial charge in [0.2, 0.25) is 5.75 Å². The molecular weight excluding hydrogens is 414 g/mol. The third-order valence-electron chi connectivity index (χ3n) is 2.46. The highest BCUT2D eigenvalue weighted by molar-refractivity contribution is 9.11. The molecule has 0 bridgehead atoms. The van der Waals surface area contributed by atoms with Gasteiger partial charge in [-0.3, -0.25) is 10.1 Å². The first-order chi connectivity index (χ1) is 9.79. The van der Waals surface area contributed by atoms with Crippen LogP contribution in [0.15, 0.2) is 33.2 Å². The number of halogens is 2. The van der Waals surface area contributed by atoms with Crippen molar-refractivity contribution in [3.63, 3.8) is 0 Å². The standard InChI is InChI=1S/C12H7Br2NO6/c13-6-3-11(7(15(19)20)4-8(6)16)21-5-1-9(17)12(14)10(18)2-5/h1-4,16-18H. The molecule has 21 heavy (non-hydrogen) atoms. The molecule has 0 fully saturated rings. The SMILES string of the molecule is O=[N+]([O-])c1cc(O)c(Br)cc1Oc1cc(O)c(Br)c(O)c1. The molecule has 0 aliphatic rings. The fourth-order valence-corrected chi connectivity index (χ4v) is 2.06. The molecule has 0 heterocycles. The Kier molecular flexibility index (Phi) is 4.24. The number of phenols is 3. The van der Waals surface area contributed by atoms with Crippen LogP contribution in [-0.4, -0.2) is 20.2 Å². The quantitative estimate of drug-likeness (QED) is 0.510. The van der Waals surface area contributed by atoms with Crippen molar-refractivity contribution in [2.45, 2.75) is 0 Å². The average Bonchev–Trinajstić information content (AvgIpc) is 2.39. The monoisotopic (exact) mass is 419 g/mol. The number of nitrogens with zero attached hydrogens (tertiary/aromatic N) is 1. The molecule has 7 nitrogen and oxygen atoms in total. The molecule has 3 N–H and O–H groups in total. The molecule has 0 saturated heterocycles. The lowest BCUT2D eigenvalue weighted by atomic mass is 10.2. The first kappa shape index (κ1) is 15.4. The largest absolute Gasteiger partial charge is 0.507 e. The van der Waals surface area contributed by atoms with Crippen molar-refractivity contribution in [3.05, 3.63) is 43.3 Å². The van der Waals surface area contributed by atoms with E-state index >= 15 is 0 Å². The van der Waals surface area contributed by atoms with Crippen LogP contribution >= 0.6 is 31.9 Å². The number of ether oxygens (including phenoxy) is 1. The van der Waals surface area contributed by atoms with Gasteiger partial charge in [0.1, 0.15) is 27.5 Å². The summed E-state index contributed by atoms with van der Waals surface area (Å²) in [5.41, 5.74) is -0.461. The lowest BCUT2D eigenvalue weighted by Crippen LogP contribution is -1.94. The van der Waals surface area contributed by atoms with E-state index in [2.05, 4.69) is 31.9 Å². The summed E-state index contributed by atoms with van der Waals surface area (Å²) in [5.74, 6) is -1.05. The molecular formula is C12H7Br2NO6. The lowest BCUT2D eigenvalue weighted by molar-refractivity contribution is -0.385. The average molecular weight is 421 g/mol. The van der Waals surface area contributed by atoms with Crippen molar-refractivity contribution in [2.75, 3.05) is 0 Å². The van der Waals surface area contributed by atoms with Crippen LogP contribution < -0.4 is 4.74 Å². The highest BCUT2D eigenvalue weighted by atomic mass is 79.9. The van der Waals surface area contributed by atoms with Gasteiger partial charge in [0.15, 0.2) is 0 Å². The Balaban J connectivity index is 2.48. The van der Waals surface area contributed by atoms with Crippen LogP contribution in [0.1, 0.15) is 0 Å². The highest BCUT2D eigenvalue weighted by Crippen LogP contribution is 2.42. The maximum Gasteiger partial charge on any atom is 0.315 e. The van der Waals surface area contributed by atoms with Crippen LogP contribution in [-0.2, 0) is 0 Å². The summed E-state index contributed by atoms with van der Waals surface area (Å²) < 4.78 is 5.58. The fraction of sp³-hybridized carbons (Fsp3) is 0. The van der Waals surface area contributed by atoms with Crippen LogP contribution in [0.2, 0.25) is 0 Å². The molecule has 0 amide bonds. The molecule has 2 aromatic rings. The van der Waals surface area contributed by atoms with Gasteiger partial charge in [-0.05, 0) is 31.9 Å². The Morgan fingerprint density at radius 1 is 1.00 bits per heavy atom. The minimum atomic E-state index is -0.722. The second-order valence-electron chi connectivity index (χ2n) is 3.91. The van der Waals surface area contributed by atoms with Crippen molar-refractivity contribution < 1.29 is 25.0 Å². The van der Waals surface area contributed by atoms with E-state index in [1.54, 1.807) is 0 Å². The third kappa shape index (κ3) is 3.19. The molecule has 0 atom stereocenters. The molecule has 0 saturated carbocycles. The molecule has 0 aromatic heterocycles. The van der Waals surface area contributed by atoms with E-state index in [4.69, 9.17) is 4.74 Å². The van der Waals surface area contributed by atoms with E-state index in [-0.39, 0.29) is 37.7 Å². The molecule has 0 unspecified atom stereocenters. The van der Waals surface area contributed by atoms with Crippen molar-refractivity contribution in [3.8, 4) is 28.7 Å². The highest BCUT2D eigenvalue weighted by Gasteiger charge is 2.20. The first-order valence-electron chi connectivity index (χ1n) is 5.36. The van der Waals surface area contributed by atoms with E-state index in [0.29, 0.717) is 0 Å². The predicted octanol–water partition coefficient (Wildman–Crippen LogP) is 4.03. The van der Waals surface area contributed by atoms with Crippen molar-refractivity contribution in [1.82, 2.24) is 0 Å². The Morgan fingerprint density at radius 2 is 1.57 bits per heavy atom. The number of phenolic OH excluding ortho intramolecular Hbond substituents is 3. The number of hydrogen-bond acceptors (Lipinski definition) is 6.